The Hall–Kier alpha value is -1.38. The second kappa shape index (κ2) is 6.17. The fourth-order valence-corrected chi connectivity index (χ4v) is 3.77. The molecule has 2 heterocycles. The SMILES string of the molecule is CN1CCC(CN(C)S(=O)(=O)c2c[nH]c(C(=O)O)c2)CC1. The Morgan fingerprint density at radius 2 is 2.10 bits per heavy atom. The quantitative estimate of drug-likeness (QED) is 0.833. The molecule has 1 saturated heterocycles. The lowest BCUT2D eigenvalue weighted by molar-refractivity contribution is 0.0691. The molecule has 1 aliphatic rings. The Bertz CT molecular complexity index is 603. The molecule has 0 aromatic carbocycles. The Morgan fingerprint density at radius 1 is 1.48 bits per heavy atom. The molecule has 0 amide bonds. The Balaban J connectivity index is 2.05. The normalized spacial score (nSPS) is 18.2. The van der Waals surface area contributed by atoms with E-state index in [-0.39, 0.29) is 10.6 Å². The molecule has 21 heavy (non-hydrogen) atoms. The predicted molar refractivity (Wildman–Crippen MR) is 77.8 cm³/mol. The molecule has 0 unspecified atom stereocenters. The summed E-state index contributed by atoms with van der Waals surface area (Å²) in [6, 6.07) is 1.16. The van der Waals surface area contributed by atoms with Crippen molar-refractivity contribution in [3.8, 4) is 0 Å². The first kappa shape index (κ1) is 16.0. The van der Waals surface area contributed by atoms with Crippen LogP contribution >= 0.6 is 0 Å². The summed E-state index contributed by atoms with van der Waals surface area (Å²) in [5.41, 5.74) is -0.124. The fraction of sp³-hybridized carbons (Fsp3) is 0.615. The average Bonchev–Trinajstić information content (AvgIpc) is 2.91. The highest BCUT2D eigenvalue weighted by atomic mass is 32.2. The van der Waals surface area contributed by atoms with E-state index in [0.29, 0.717) is 12.5 Å². The van der Waals surface area contributed by atoms with Crippen molar-refractivity contribution in [3.63, 3.8) is 0 Å². The van der Waals surface area contributed by atoms with Crippen molar-refractivity contribution in [2.45, 2.75) is 17.7 Å². The highest BCUT2D eigenvalue weighted by Gasteiger charge is 2.27. The molecule has 0 radical (unpaired) electrons. The number of H-pyrrole nitrogens is 1. The highest BCUT2D eigenvalue weighted by molar-refractivity contribution is 7.89. The van der Waals surface area contributed by atoms with E-state index in [1.165, 1.54) is 10.5 Å². The molecule has 0 atom stereocenters. The van der Waals surface area contributed by atoms with Gasteiger partial charge in [0.15, 0.2) is 0 Å². The molecule has 0 bridgehead atoms. The third-order valence-corrected chi connectivity index (χ3v) is 5.75. The lowest BCUT2D eigenvalue weighted by Gasteiger charge is -2.31. The summed E-state index contributed by atoms with van der Waals surface area (Å²) in [5, 5.41) is 8.84. The third-order valence-electron chi connectivity index (χ3n) is 3.95. The van der Waals surface area contributed by atoms with Crippen molar-refractivity contribution < 1.29 is 18.3 Å². The molecule has 118 valence electrons. The van der Waals surface area contributed by atoms with E-state index >= 15 is 0 Å². The molecule has 1 fully saturated rings. The van der Waals surface area contributed by atoms with Crippen LogP contribution in [0.5, 0.6) is 0 Å². The van der Waals surface area contributed by atoms with E-state index in [1.807, 2.05) is 0 Å². The van der Waals surface area contributed by atoms with Crippen LogP contribution in [-0.2, 0) is 10.0 Å². The van der Waals surface area contributed by atoms with Crippen LogP contribution in [0.3, 0.4) is 0 Å². The minimum Gasteiger partial charge on any atom is -0.477 e. The van der Waals surface area contributed by atoms with E-state index in [4.69, 9.17) is 5.11 Å². The van der Waals surface area contributed by atoms with Crippen molar-refractivity contribution in [2.24, 2.45) is 5.92 Å². The van der Waals surface area contributed by atoms with E-state index in [0.717, 1.165) is 32.0 Å². The van der Waals surface area contributed by atoms with Crippen molar-refractivity contribution >= 4 is 16.0 Å². The molecule has 0 spiro atoms. The smallest absolute Gasteiger partial charge is 0.352 e. The van der Waals surface area contributed by atoms with Crippen LogP contribution in [0.25, 0.3) is 0 Å². The third kappa shape index (κ3) is 3.63. The van der Waals surface area contributed by atoms with E-state index in [9.17, 15) is 13.2 Å². The zero-order valence-corrected chi connectivity index (χ0v) is 13.1. The first-order chi connectivity index (χ1) is 9.80. The van der Waals surface area contributed by atoms with Crippen LogP contribution in [0.1, 0.15) is 23.3 Å². The van der Waals surface area contributed by atoms with Gasteiger partial charge in [-0.2, -0.15) is 0 Å². The molecule has 8 heteroatoms. The van der Waals surface area contributed by atoms with Crippen LogP contribution in [0.4, 0.5) is 0 Å². The predicted octanol–water partition coefficient (Wildman–Crippen LogP) is 0.675. The number of carboxylic acid groups (broad SMARTS) is 1. The van der Waals surface area contributed by atoms with Gasteiger partial charge in [0.2, 0.25) is 10.0 Å². The minimum absolute atomic E-state index is 0.00433. The number of sulfonamides is 1. The molecule has 0 aliphatic carbocycles. The zero-order valence-electron chi connectivity index (χ0n) is 12.2. The van der Waals surface area contributed by atoms with Gasteiger partial charge >= 0.3 is 5.97 Å². The number of aromatic amines is 1. The number of piperidine rings is 1. The fourth-order valence-electron chi connectivity index (χ4n) is 2.53. The largest absolute Gasteiger partial charge is 0.477 e. The summed E-state index contributed by atoms with van der Waals surface area (Å²) in [6.07, 6.45) is 3.18. The van der Waals surface area contributed by atoms with Crippen LogP contribution < -0.4 is 0 Å². The van der Waals surface area contributed by atoms with Crippen molar-refractivity contribution in [1.29, 1.82) is 0 Å². The van der Waals surface area contributed by atoms with E-state index in [2.05, 4.69) is 16.9 Å². The summed E-state index contributed by atoms with van der Waals surface area (Å²) >= 11 is 0. The lowest BCUT2D eigenvalue weighted by atomic mass is 9.97. The number of rotatable bonds is 5. The number of hydrogen-bond acceptors (Lipinski definition) is 4. The molecular formula is C13H21N3O4S. The van der Waals surface area contributed by atoms with Gasteiger partial charge < -0.3 is 15.0 Å². The standard InChI is InChI=1S/C13H21N3O4S/c1-15-5-3-10(4-6-15)9-16(2)21(19,20)11-7-12(13(17)18)14-8-11/h7-8,10,14H,3-6,9H2,1-2H3,(H,17,18). The number of aromatic carboxylic acids is 1. The zero-order chi connectivity index (χ0) is 15.6. The maximum atomic E-state index is 12.4. The second-order valence-corrected chi connectivity index (χ2v) is 7.63. The number of nitrogens with one attached hydrogen (secondary N) is 1. The van der Waals surface area contributed by atoms with Gasteiger partial charge in [0.25, 0.3) is 0 Å². The van der Waals surface area contributed by atoms with E-state index < -0.39 is 16.0 Å². The maximum absolute atomic E-state index is 12.4. The lowest BCUT2D eigenvalue weighted by Crippen LogP contribution is -2.37. The molecule has 2 N–H and O–H groups in total. The molecule has 0 saturated carbocycles. The first-order valence-electron chi connectivity index (χ1n) is 6.87. The first-order valence-corrected chi connectivity index (χ1v) is 8.31. The van der Waals surface area contributed by atoms with Crippen LogP contribution in [-0.4, -0.2) is 67.4 Å². The summed E-state index contributed by atoms with van der Waals surface area (Å²) in [5.74, 6) is -0.826. The van der Waals surface area contributed by atoms with Crippen molar-refractivity contribution in [1.82, 2.24) is 14.2 Å². The molecule has 7 nitrogen and oxygen atoms in total. The van der Waals surface area contributed by atoms with Gasteiger partial charge in [-0.25, -0.2) is 17.5 Å². The van der Waals surface area contributed by atoms with Gasteiger partial charge in [-0.05, 0) is 45.0 Å². The topological polar surface area (TPSA) is 93.7 Å². The average molecular weight is 315 g/mol. The maximum Gasteiger partial charge on any atom is 0.352 e. The van der Waals surface area contributed by atoms with Gasteiger partial charge in [0.05, 0.1) is 0 Å². The van der Waals surface area contributed by atoms with Gasteiger partial charge in [-0.3, -0.25) is 0 Å². The van der Waals surface area contributed by atoms with Gasteiger partial charge in [0.1, 0.15) is 10.6 Å². The van der Waals surface area contributed by atoms with Crippen LogP contribution in [0.15, 0.2) is 17.2 Å². The van der Waals surface area contributed by atoms with Crippen LogP contribution in [0, 0.1) is 5.92 Å². The monoisotopic (exact) mass is 315 g/mol. The Labute approximate surface area is 124 Å². The molecule has 1 aliphatic heterocycles. The molecular weight excluding hydrogens is 294 g/mol. The van der Waals surface area contributed by atoms with Crippen molar-refractivity contribution in [2.75, 3.05) is 33.7 Å². The van der Waals surface area contributed by atoms with E-state index in [1.54, 1.807) is 7.05 Å². The Morgan fingerprint density at radius 3 is 2.62 bits per heavy atom. The molecule has 1 aromatic rings. The Kier molecular flexibility index (Phi) is 4.70. The number of hydrogen-bond donors (Lipinski definition) is 2. The summed E-state index contributed by atoms with van der Waals surface area (Å²) < 4.78 is 26.1. The number of nitrogens with zero attached hydrogens (tertiary/aromatic N) is 2. The van der Waals surface area contributed by atoms with Gasteiger partial charge in [0, 0.05) is 19.8 Å². The van der Waals surface area contributed by atoms with Gasteiger partial charge in [-0.1, -0.05) is 0 Å². The summed E-state index contributed by atoms with van der Waals surface area (Å²) in [7, 11) is -0.0372. The number of likely N-dealkylation sites (tertiary alicyclic amines) is 1. The van der Waals surface area contributed by atoms with Crippen molar-refractivity contribution in [3.05, 3.63) is 18.0 Å². The molecule has 1 aromatic heterocycles. The summed E-state index contributed by atoms with van der Waals surface area (Å²) in [4.78, 5) is 15.5. The molecule has 2 rings (SSSR count). The number of carbonyl (C=O) groups is 1. The number of carboxylic acids is 1. The summed E-state index contributed by atoms with van der Waals surface area (Å²) in [6.45, 7) is 2.42. The van der Waals surface area contributed by atoms with Crippen LogP contribution in [0.2, 0.25) is 0 Å². The minimum atomic E-state index is -3.64. The second-order valence-electron chi connectivity index (χ2n) is 5.59. The van der Waals surface area contributed by atoms with Gasteiger partial charge in [-0.15, -0.1) is 0 Å². The highest BCUT2D eigenvalue weighted by Crippen LogP contribution is 2.21. The number of aromatic nitrogens is 1.